The first kappa shape index (κ1) is 38.7. The van der Waals surface area contributed by atoms with Gasteiger partial charge >= 0.3 is 11.9 Å². The molecule has 0 aliphatic carbocycles. The molecule has 0 spiro atoms. The smallest absolute Gasteiger partial charge is 0.330 e. The van der Waals surface area contributed by atoms with Gasteiger partial charge in [0.25, 0.3) is 0 Å². The Kier molecular flexibility index (Phi) is 14.9. The highest BCUT2D eigenvalue weighted by molar-refractivity contribution is 5.82. The zero-order chi connectivity index (χ0) is 34.7. The molecular formula is C33H49NO13. The first-order valence-electron chi connectivity index (χ1n) is 15.8. The quantitative estimate of drug-likeness (QED) is 0.184. The number of aliphatic carboxylic acids is 1. The molecule has 2 bridgehead atoms. The van der Waals surface area contributed by atoms with Gasteiger partial charge in [-0.3, -0.25) is 4.79 Å². The number of carbonyl (C=O) groups is 2. The first-order chi connectivity index (χ1) is 22.2. The maximum Gasteiger partial charge on any atom is 0.330 e. The van der Waals surface area contributed by atoms with E-state index in [1.54, 1.807) is 49.5 Å². The van der Waals surface area contributed by atoms with Crippen LogP contribution in [0, 0.1) is 11.8 Å². The Morgan fingerprint density at radius 2 is 1.60 bits per heavy atom. The van der Waals surface area contributed by atoms with Crippen LogP contribution in [0.3, 0.4) is 0 Å². The number of nitrogens with two attached hydrogens (primary N) is 1. The predicted octanol–water partition coefficient (Wildman–Crippen LogP) is -0.0392. The molecule has 3 aliphatic rings. The van der Waals surface area contributed by atoms with Gasteiger partial charge in [-0.25, -0.2) is 4.79 Å². The molecule has 264 valence electrons. The maximum absolute atomic E-state index is 12.2. The molecule has 14 heteroatoms. The molecule has 3 aliphatic heterocycles. The number of carboxylic acids is 1. The highest BCUT2D eigenvalue weighted by Gasteiger charge is 2.50. The first-order valence-corrected chi connectivity index (χ1v) is 15.8. The number of hydrogen-bond donors (Lipinski definition) is 8. The molecular weight excluding hydrogens is 618 g/mol. The number of hydrogen-bond acceptors (Lipinski definition) is 13. The van der Waals surface area contributed by atoms with E-state index >= 15 is 0 Å². The normalized spacial score (nSPS) is 45.0. The fourth-order valence-electron chi connectivity index (χ4n) is 5.62. The molecule has 3 rings (SSSR count). The third kappa shape index (κ3) is 12.0. The highest BCUT2D eigenvalue weighted by atomic mass is 16.7. The summed E-state index contributed by atoms with van der Waals surface area (Å²) in [6, 6.07) is -1.07. The fourth-order valence-corrected chi connectivity index (χ4v) is 5.62. The van der Waals surface area contributed by atoms with Crippen molar-refractivity contribution in [3.63, 3.8) is 0 Å². The summed E-state index contributed by atoms with van der Waals surface area (Å²) < 4.78 is 22.7. The third-order valence-electron chi connectivity index (χ3n) is 8.42. The summed E-state index contributed by atoms with van der Waals surface area (Å²) >= 11 is 0. The van der Waals surface area contributed by atoms with Crippen LogP contribution in [0.25, 0.3) is 0 Å². The van der Waals surface area contributed by atoms with E-state index in [1.165, 1.54) is 12.2 Å². The average Bonchev–Trinajstić information content (AvgIpc) is 2.97. The number of aliphatic hydroxyl groups excluding tert-OH is 5. The van der Waals surface area contributed by atoms with Crippen molar-refractivity contribution in [2.45, 2.75) is 113 Å². The second-order valence-corrected chi connectivity index (χ2v) is 12.4. The fraction of sp³-hybridized carbons (Fsp3) is 0.636. The summed E-state index contributed by atoms with van der Waals surface area (Å²) in [4.78, 5) is 24.4. The molecule has 3 heterocycles. The Morgan fingerprint density at radius 3 is 2.28 bits per heavy atom. The Bertz CT molecular complexity index is 1170. The lowest BCUT2D eigenvalue weighted by molar-refractivity contribution is -0.305. The minimum Gasteiger partial charge on any atom is -0.481 e. The van der Waals surface area contributed by atoms with Crippen LogP contribution >= 0.6 is 0 Å². The molecule has 0 aromatic carbocycles. The zero-order valence-electron chi connectivity index (χ0n) is 26.6. The molecule has 9 N–H and O–H groups in total. The van der Waals surface area contributed by atoms with Gasteiger partial charge in [-0.05, 0) is 19.8 Å². The molecule has 47 heavy (non-hydrogen) atoms. The lowest BCUT2D eigenvalue weighted by Crippen LogP contribution is -2.59. The topological polar surface area (TPSA) is 239 Å². The minimum atomic E-state index is -2.17. The van der Waals surface area contributed by atoms with Gasteiger partial charge in [0.15, 0.2) is 12.1 Å². The molecule has 0 saturated carbocycles. The second kappa shape index (κ2) is 18.1. The molecule has 0 aromatic rings. The van der Waals surface area contributed by atoms with Crippen LogP contribution in [0.15, 0.2) is 60.8 Å². The van der Waals surface area contributed by atoms with Gasteiger partial charge in [-0.2, -0.15) is 0 Å². The molecule has 2 fully saturated rings. The van der Waals surface area contributed by atoms with Crippen LogP contribution in [-0.2, 0) is 28.5 Å². The predicted molar refractivity (Wildman–Crippen MR) is 167 cm³/mol. The zero-order valence-corrected chi connectivity index (χ0v) is 26.6. The Hall–Kier alpha value is -2.76. The number of ether oxygens (including phenoxy) is 4. The highest BCUT2D eigenvalue weighted by Crippen LogP contribution is 2.38. The summed E-state index contributed by atoms with van der Waals surface area (Å²) in [6.07, 6.45) is 4.24. The van der Waals surface area contributed by atoms with E-state index in [9.17, 15) is 45.3 Å². The van der Waals surface area contributed by atoms with Gasteiger partial charge in [0.05, 0.1) is 49.3 Å². The molecule has 0 aromatic heterocycles. The van der Waals surface area contributed by atoms with Gasteiger partial charge in [0.1, 0.15) is 18.1 Å². The third-order valence-corrected chi connectivity index (χ3v) is 8.42. The van der Waals surface area contributed by atoms with Crippen LogP contribution in [0.2, 0.25) is 0 Å². The number of fused-ring (bicyclic) bond motifs is 2. The van der Waals surface area contributed by atoms with Crippen molar-refractivity contribution in [2.75, 3.05) is 6.61 Å². The van der Waals surface area contributed by atoms with E-state index < -0.39 is 97.6 Å². The largest absolute Gasteiger partial charge is 0.481 e. The SMILES string of the molecule is C[C@H]1/C=C/C=C/C=C/C=C/[C@H](OC2OC[C@@H](O)[C@H](N)[C@H]2O)C[C@@H]2OC(O)(CC(O)CC(O)C/C=C/C(=O)O[C@@H]1C)C[C@H](O)[C@H]2C(=O)O. The van der Waals surface area contributed by atoms with Crippen LogP contribution in [-0.4, -0.2) is 121 Å². The van der Waals surface area contributed by atoms with Crippen molar-refractivity contribution in [3.05, 3.63) is 60.8 Å². The molecule has 13 atom stereocenters. The number of carboxylic acid groups (broad SMARTS) is 1. The van der Waals surface area contributed by atoms with Crippen LogP contribution in [0.4, 0.5) is 0 Å². The summed E-state index contributed by atoms with van der Waals surface area (Å²) in [5.74, 6) is -5.73. The summed E-state index contributed by atoms with van der Waals surface area (Å²) in [5.41, 5.74) is 5.88. The standard InChI is InChI=1S/C33H49NO13/c1-19-10-7-5-3-4-6-8-12-23(46-32-30(40)29(34)25(38)18-44-32)15-26-28(31(41)42)24(37)17-33(43,47-26)16-22(36)14-21(35)11-9-13-27(39)45-20(19)2/h3-10,12-13,19-26,28-30,32,35-38,40,43H,11,14-18,34H2,1-2H3,(H,41,42)/b5-3+,6-4+,10-7+,12-8+,13-9+/t19-,20+,21?,22?,23-,24-,25+,26-,28+,29-,30+,32?,33?/m0/s1. The van der Waals surface area contributed by atoms with Crippen molar-refractivity contribution in [1.29, 1.82) is 0 Å². The van der Waals surface area contributed by atoms with Crippen molar-refractivity contribution >= 4 is 11.9 Å². The lowest BCUT2D eigenvalue weighted by atomic mass is 9.83. The van der Waals surface area contributed by atoms with E-state index in [0.29, 0.717) is 0 Å². The molecule has 0 radical (unpaired) electrons. The van der Waals surface area contributed by atoms with Gasteiger partial charge in [-0.1, -0.05) is 61.6 Å². The summed E-state index contributed by atoms with van der Waals surface area (Å²) in [7, 11) is 0. The molecule has 14 nitrogen and oxygen atoms in total. The van der Waals surface area contributed by atoms with Gasteiger partial charge < -0.3 is 60.4 Å². The number of rotatable bonds is 3. The van der Waals surface area contributed by atoms with E-state index in [2.05, 4.69) is 0 Å². The van der Waals surface area contributed by atoms with Crippen molar-refractivity contribution < 1.29 is 64.3 Å². The average molecular weight is 668 g/mol. The van der Waals surface area contributed by atoms with Crippen molar-refractivity contribution in [2.24, 2.45) is 17.6 Å². The molecule has 2 saturated heterocycles. The number of cyclic esters (lactones) is 1. The molecule has 4 unspecified atom stereocenters. The van der Waals surface area contributed by atoms with E-state index in [0.717, 1.165) is 0 Å². The lowest BCUT2D eigenvalue weighted by Gasteiger charge is -2.45. The number of allylic oxidation sites excluding steroid dienone is 6. The van der Waals surface area contributed by atoms with Crippen LogP contribution < -0.4 is 5.73 Å². The van der Waals surface area contributed by atoms with E-state index in [1.807, 2.05) is 13.0 Å². The molecule has 0 amide bonds. The Labute approximate surface area is 274 Å². The van der Waals surface area contributed by atoms with Gasteiger partial charge in [0, 0.05) is 31.3 Å². The summed E-state index contributed by atoms with van der Waals surface area (Å²) in [6.45, 7) is 3.43. The Morgan fingerprint density at radius 1 is 0.936 bits per heavy atom. The van der Waals surface area contributed by atoms with Crippen LogP contribution in [0.5, 0.6) is 0 Å². The Balaban J connectivity index is 1.90. The van der Waals surface area contributed by atoms with Crippen molar-refractivity contribution in [1.82, 2.24) is 0 Å². The number of esters is 1. The minimum absolute atomic E-state index is 0.00105. The van der Waals surface area contributed by atoms with Crippen LogP contribution in [0.1, 0.15) is 46.0 Å². The van der Waals surface area contributed by atoms with Crippen molar-refractivity contribution in [3.8, 4) is 0 Å². The number of aliphatic hydroxyl groups is 6. The van der Waals surface area contributed by atoms with E-state index in [-0.39, 0.29) is 31.8 Å². The second-order valence-electron chi connectivity index (χ2n) is 12.4. The summed E-state index contributed by atoms with van der Waals surface area (Å²) in [5, 5.41) is 73.7. The van der Waals surface area contributed by atoms with Gasteiger partial charge in [-0.15, -0.1) is 0 Å². The maximum atomic E-state index is 12.2. The monoisotopic (exact) mass is 667 g/mol. The van der Waals surface area contributed by atoms with Gasteiger partial charge in [0.2, 0.25) is 0 Å². The van der Waals surface area contributed by atoms with E-state index in [4.69, 9.17) is 24.7 Å². The number of carbonyl (C=O) groups excluding carboxylic acids is 1.